The summed E-state index contributed by atoms with van der Waals surface area (Å²) in [5, 5.41) is 0. The van der Waals surface area contributed by atoms with Crippen LogP contribution in [0.25, 0.3) is 0 Å². The molecule has 0 bridgehead atoms. The predicted octanol–water partition coefficient (Wildman–Crippen LogP) is 3.53. The van der Waals surface area contributed by atoms with Crippen LogP contribution in [0.15, 0.2) is 30.3 Å². The Balaban J connectivity index is 2.95. The van der Waals surface area contributed by atoms with Crippen molar-refractivity contribution in [1.29, 1.82) is 0 Å². The molecule has 0 heterocycles. The summed E-state index contributed by atoms with van der Waals surface area (Å²) in [5.74, 6) is 0. The molecular weight excluding hydrogens is 226 g/mol. The van der Waals surface area contributed by atoms with Crippen LogP contribution in [0.3, 0.4) is 0 Å². The second kappa shape index (κ2) is 5.80. The predicted molar refractivity (Wildman–Crippen MR) is 76.8 cm³/mol. The molecule has 17 heavy (non-hydrogen) atoms. The van der Waals surface area contributed by atoms with Crippen molar-refractivity contribution in [1.82, 2.24) is 4.90 Å². The summed E-state index contributed by atoms with van der Waals surface area (Å²) in [7, 11) is 2.67. The zero-order valence-electron chi connectivity index (χ0n) is 11.9. The molecule has 1 rings (SSSR count). The third-order valence-electron chi connectivity index (χ3n) is 2.86. The topological polar surface area (TPSA) is 12.5 Å². The summed E-state index contributed by atoms with van der Waals surface area (Å²) in [6.07, 6.45) is 0.165. The number of hydrogen-bond acceptors (Lipinski definition) is 2. The van der Waals surface area contributed by atoms with Crippen LogP contribution in [-0.4, -0.2) is 33.4 Å². The van der Waals surface area contributed by atoms with E-state index in [-0.39, 0.29) is 6.10 Å². The second-order valence-corrected chi connectivity index (χ2v) is 10.2. The molecule has 0 saturated heterocycles. The minimum absolute atomic E-state index is 0.165. The molecule has 1 aromatic carbocycles. The summed E-state index contributed by atoms with van der Waals surface area (Å²) in [6, 6.07) is 10.9. The van der Waals surface area contributed by atoms with E-state index in [0.717, 1.165) is 0 Å². The molecule has 0 aliphatic carbocycles. The Kier molecular flexibility index (Phi) is 4.92. The quantitative estimate of drug-likeness (QED) is 0.742. The van der Waals surface area contributed by atoms with Crippen LogP contribution in [-0.2, 0) is 4.43 Å². The minimum atomic E-state index is -1.54. The third kappa shape index (κ3) is 4.62. The molecule has 96 valence electrons. The lowest BCUT2D eigenvalue weighted by atomic mass is 10.0. The number of likely N-dealkylation sites (N-methyl/N-ethyl adjacent to an activating group) is 1. The smallest absolute Gasteiger partial charge is 0.184 e. The second-order valence-electron chi connectivity index (χ2n) is 5.77. The summed E-state index contributed by atoms with van der Waals surface area (Å²) in [6.45, 7) is 8.94. The van der Waals surface area contributed by atoms with Crippen LogP contribution >= 0.6 is 0 Å². The highest BCUT2D eigenvalue weighted by molar-refractivity contribution is 6.69. The van der Waals surface area contributed by atoms with E-state index >= 15 is 0 Å². The maximum atomic E-state index is 6.34. The van der Waals surface area contributed by atoms with Crippen LogP contribution in [0, 0.1) is 0 Å². The molecule has 3 heteroatoms. The first kappa shape index (κ1) is 14.4. The van der Waals surface area contributed by atoms with E-state index in [0.29, 0.717) is 6.04 Å². The van der Waals surface area contributed by atoms with Crippen LogP contribution in [0.5, 0.6) is 0 Å². The fourth-order valence-electron chi connectivity index (χ4n) is 1.74. The SMILES string of the molecule is C[C@@H]([C@H](O[Si](C)(C)C)c1ccccc1)N(C)C. The maximum Gasteiger partial charge on any atom is 0.184 e. The zero-order valence-corrected chi connectivity index (χ0v) is 12.9. The largest absolute Gasteiger partial charge is 0.409 e. The van der Waals surface area contributed by atoms with Gasteiger partial charge in [0, 0.05) is 6.04 Å². The number of hydrogen-bond donors (Lipinski definition) is 0. The summed E-state index contributed by atoms with van der Waals surface area (Å²) in [5.41, 5.74) is 1.27. The van der Waals surface area contributed by atoms with Crippen LogP contribution in [0.2, 0.25) is 19.6 Å². The average molecular weight is 251 g/mol. The minimum Gasteiger partial charge on any atom is -0.409 e. The van der Waals surface area contributed by atoms with Gasteiger partial charge in [-0.15, -0.1) is 0 Å². The van der Waals surface area contributed by atoms with E-state index in [1.165, 1.54) is 5.56 Å². The van der Waals surface area contributed by atoms with Crippen molar-refractivity contribution in [3.8, 4) is 0 Å². The summed E-state index contributed by atoms with van der Waals surface area (Å²) in [4.78, 5) is 2.22. The van der Waals surface area contributed by atoms with Crippen LogP contribution < -0.4 is 0 Å². The van der Waals surface area contributed by atoms with Gasteiger partial charge in [0.05, 0.1) is 6.10 Å². The molecule has 0 aromatic heterocycles. The Labute approximate surface area is 107 Å². The van der Waals surface area contributed by atoms with Gasteiger partial charge in [-0.05, 0) is 46.2 Å². The van der Waals surface area contributed by atoms with Gasteiger partial charge in [-0.2, -0.15) is 0 Å². The van der Waals surface area contributed by atoms with Crippen LogP contribution in [0.4, 0.5) is 0 Å². The fourth-order valence-corrected chi connectivity index (χ4v) is 2.83. The standard InChI is InChI=1S/C14H25NOSi/c1-12(15(2)3)14(16-17(4,5)6)13-10-8-7-9-11-13/h7-12,14H,1-6H3/t12-,14-/m0/s1. The van der Waals surface area contributed by atoms with Gasteiger partial charge in [0.15, 0.2) is 8.32 Å². The van der Waals surface area contributed by atoms with Crippen molar-refractivity contribution >= 4 is 8.32 Å². The van der Waals surface area contributed by atoms with Gasteiger partial charge >= 0.3 is 0 Å². The maximum absolute atomic E-state index is 6.34. The fraction of sp³-hybridized carbons (Fsp3) is 0.571. The van der Waals surface area contributed by atoms with Gasteiger partial charge in [-0.1, -0.05) is 30.3 Å². The van der Waals surface area contributed by atoms with Crippen molar-refractivity contribution in [3.63, 3.8) is 0 Å². The molecule has 2 nitrogen and oxygen atoms in total. The van der Waals surface area contributed by atoms with Gasteiger partial charge in [-0.3, -0.25) is 0 Å². The highest BCUT2D eigenvalue weighted by Gasteiger charge is 2.27. The molecule has 1 aromatic rings. The highest BCUT2D eigenvalue weighted by Crippen LogP contribution is 2.27. The molecule has 0 N–H and O–H groups in total. The Morgan fingerprint density at radius 2 is 1.59 bits per heavy atom. The molecule has 0 radical (unpaired) electrons. The third-order valence-corrected chi connectivity index (χ3v) is 3.82. The van der Waals surface area contributed by atoms with E-state index in [2.05, 4.69) is 75.9 Å². The zero-order chi connectivity index (χ0) is 13.1. The van der Waals surface area contributed by atoms with Crippen molar-refractivity contribution in [2.24, 2.45) is 0 Å². The molecule has 0 saturated carbocycles. The van der Waals surface area contributed by atoms with Crippen molar-refractivity contribution in [2.45, 2.75) is 38.7 Å². The first-order valence-electron chi connectivity index (χ1n) is 6.20. The van der Waals surface area contributed by atoms with Crippen molar-refractivity contribution in [2.75, 3.05) is 14.1 Å². The molecule has 0 fully saturated rings. The van der Waals surface area contributed by atoms with E-state index in [1.54, 1.807) is 0 Å². The summed E-state index contributed by atoms with van der Waals surface area (Å²) >= 11 is 0. The van der Waals surface area contributed by atoms with Crippen molar-refractivity contribution in [3.05, 3.63) is 35.9 Å². The molecular formula is C14H25NOSi. The summed E-state index contributed by atoms with van der Waals surface area (Å²) < 4.78 is 6.34. The Bertz CT molecular complexity index is 332. The van der Waals surface area contributed by atoms with E-state index in [1.807, 2.05) is 0 Å². The van der Waals surface area contributed by atoms with E-state index in [9.17, 15) is 0 Å². The lowest BCUT2D eigenvalue weighted by Crippen LogP contribution is -2.38. The highest BCUT2D eigenvalue weighted by atomic mass is 28.4. The Hall–Kier alpha value is -0.643. The lowest BCUT2D eigenvalue weighted by Gasteiger charge is -2.34. The van der Waals surface area contributed by atoms with E-state index < -0.39 is 8.32 Å². The van der Waals surface area contributed by atoms with Gasteiger partial charge < -0.3 is 9.33 Å². The molecule has 0 aliphatic rings. The first-order chi connectivity index (χ1) is 7.81. The first-order valence-corrected chi connectivity index (χ1v) is 9.61. The molecule has 0 spiro atoms. The molecule has 0 aliphatic heterocycles. The molecule has 0 amide bonds. The number of benzene rings is 1. The van der Waals surface area contributed by atoms with Gasteiger partial charge in [0.2, 0.25) is 0 Å². The molecule has 2 atom stereocenters. The van der Waals surface area contributed by atoms with Gasteiger partial charge in [0.1, 0.15) is 0 Å². The normalized spacial score (nSPS) is 15.9. The van der Waals surface area contributed by atoms with Gasteiger partial charge in [0.25, 0.3) is 0 Å². The van der Waals surface area contributed by atoms with Gasteiger partial charge in [-0.25, -0.2) is 0 Å². The monoisotopic (exact) mass is 251 g/mol. The Morgan fingerprint density at radius 3 is 2.00 bits per heavy atom. The Morgan fingerprint density at radius 1 is 1.06 bits per heavy atom. The number of nitrogens with zero attached hydrogens (tertiary/aromatic N) is 1. The number of rotatable bonds is 5. The van der Waals surface area contributed by atoms with Crippen molar-refractivity contribution < 1.29 is 4.43 Å². The van der Waals surface area contributed by atoms with Crippen LogP contribution in [0.1, 0.15) is 18.6 Å². The lowest BCUT2D eigenvalue weighted by molar-refractivity contribution is 0.101. The average Bonchev–Trinajstić information content (AvgIpc) is 2.25. The molecule has 0 unspecified atom stereocenters. The van der Waals surface area contributed by atoms with E-state index in [4.69, 9.17) is 4.43 Å².